The Morgan fingerprint density at radius 3 is 2.03 bits per heavy atom. The lowest BCUT2D eigenvalue weighted by atomic mass is 9.86. The van der Waals surface area contributed by atoms with Gasteiger partial charge in [0.2, 0.25) is 0 Å². The number of rotatable bonds is 6. The number of carbonyl (C=O) groups is 1. The number of amides is 1. The molecular formula is C28H34N2O3S. The summed E-state index contributed by atoms with van der Waals surface area (Å²) >= 11 is 0. The molecule has 1 atom stereocenters. The van der Waals surface area contributed by atoms with Crippen molar-refractivity contribution in [2.75, 3.05) is 4.72 Å². The van der Waals surface area contributed by atoms with Gasteiger partial charge in [-0.1, -0.05) is 57.2 Å². The molecule has 0 spiro atoms. The van der Waals surface area contributed by atoms with Crippen molar-refractivity contribution >= 4 is 21.6 Å². The van der Waals surface area contributed by atoms with Crippen molar-refractivity contribution in [1.29, 1.82) is 0 Å². The summed E-state index contributed by atoms with van der Waals surface area (Å²) in [6.45, 7) is 14.0. The van der Waals surface area contributed by atoms with E-state index in [9.17, 15) is 13.2 Å². The molecule has 34 heavy (non-hydrogen) atoms. The number of carbonyl (C=O) groups excluding carboxylic acids is 1. The normalized spacial score (nSPS) is 12.8. The third-order valence-electron chi connectivity index (χ3n) is 6.12. The van der Waals surface area contributed by atoms with Crippen LogP contribution in [0.3, 0.4) is 0 Å². The molecule has 0 saturated carbocycles. The Morgan fingerprint density at radius 1 is 0.824 bits per heavy atom. The fourth-order valence-electron chi connectivity index (χ4n) is 3.68. The summed E-state index contributed by atoms with van der Waals surface area (Å²) in [5, 5.41) is 2.98. The van der Waals surface area contributed by atoms with Crippen LogP contribution in [0.2, 0.25) is 0 Å². The van der Waals surface area contributed by atoms with Gasteiger partial charge < -0.3 is 5.32 Å². The van der Waals surface area contributed by atoms with Crippen molar-refractivity contribution in [3.05, 3.63) is 94.0 Å². The van der Waals surface area contributed by atoms with Gasteiger partial charge in [0.25, 0.3) is 15.9 Å². The summed E-state index contributed by atoms with van der Waals surface area (Å²) in [4.78, 5) is 13.0. The molecule has 6 heteroatoms. The monoisotopic (exact) mass is 478 g/mol. The van der Waals surface area contributed by atoms with Gasteiger partial charge in [-0.2, -0.15) is 0 Å². The second kappa shape index (κ2) is 9.63. The third-order valence-corrected chi connectivity index (χ3v) is 7.65. The van der Waals surface area contributed by atoms with E-state index in [4.69, 9.17) is 0 Å². The molecule has 180 valence electrons. The van der Waals surface area contributed by atoms with Crippen molar-refractivity contribution in [2.24, 2.45) is 0 Å². The summed E-state index contributed by atoms with van der Waals surface area (Å²) in [6, 6.07) is 18.1. The minimum absolute atomic E-state index is 0.0557. The van der Waals surface area contributed by atoms with Gasteiger partial charge in [-0.3, -0.25) is 9.52 Å². The van der Waals surface area contributed by atoms with E-state index in [0.717, 1.165) is 16.7 Å². The molecule has 0 unspecified atom stereocenters. The van der Waals surface area contributed by atoms with Crippen LogP contribution in [0.4, 0.5) is 5.69 Å². The van der Waals surface area contributed by atoms with Crippen molar-refractivity contribution < 1.29 is 13.2 Å². The molecule has 0 aromatic heterocycles. The van der Waals surface area contributed by atoms with Crippen LogP contribution in [-0.4, -0.2) is 14.3 Å². The summed E-state index contributed by atoms with van der Waals surface area (Å²) in [5.41, 5.74) is 5.69. The molecule has 2 N–H and O–H groups in total. The Labute approximate surface area is 203 Å². The van der Waals surface area contributed by atoms with Crippen LogP contribution in [0.15, 0.2) is 65.6 Å². The lowest BCUT2D eigenvalue weighted by molar-refractivity contribution is 0.0939. The van der Waals surface area contributed by atoms with Gasteiger partial charge >= 0.3 is 0 Å². The Kier molecular flexibility index (Phi) is 7.22. The minimum Gasteiger partial charge on any atom is -0.346 e. The molecule has 3 aromatic carbocycles. The predicted octanol–water partition coefficient (Wildman–Crippen LogP) is 6.20. The van der Waals surface area contributed by atoms with Crippen molar-refractivity contribution in [3.63, 3.8) is 0 Å². The second-order valence-corrected chi connectivity index (χ2v) is 11.6. The highest BCUT2D eigenvalue weighted by atomic mass is 32.2. The molecule has 0 radical (unpaired) electrons. The molecule has 3 rings (SSSR count). The maximum atomic E-state index is 13.1. The smallest absolute Gasteiger partial charge is 0.262 e. The van der Waals surface area contributed by atoms with Crippen LogP contribution in [0.25, 0.3) is 0 Å². The summed E-state index contributed by atoms with van der Waals surface area (Å²) in [5.74, 6) is -0.324. The second-order valence-electron chi connectivity index (χ2n) is 9.95. The SMILES string of the molecule is Cc1ccc(NS(=O)(=O)c2cc(C(=O)N[C@H](C)c3ccc(C(C)(C)C)cc3)ccc2C)cc1C. The first-order valence-corrected chi connectivity index (χ1v) is 12.9. The van der Waals surface area contributed by atoms with Gasteiger partial charge in [0.1, 0.15) is 0 Å². The van der Waals surface area contributed by atoms with E-state index in [0.29, 0.717) is 16.8 Å². The highest BCUT2D eigenvalue weighted by molar-refractivity contribution is 7.92. The molecular weight excluding hydrogens is 444 g/mol. The number of nitrogens with one attached hydrogen (secondary N) is 2. The molecule has 0 fully saturated rings. The Hall–Kier alpha value is -3.12. The zero-order chi connectivity index (χ0) is 25.3. The highest BCUT2D eigenvalue weighted by Gasteiger charge is 2.21. The van der Waals surface area contributed by atoms with Gasteiger partial charge in [-0.15, -0.1) is 0 Å². The van der Waals surface area contributed by atoms with Crippen LogP contribution in [-0.2, 0) is 15.4 Å². The average molecular weight is 479 g/mol. The van der Waals surface area contributed by atoms with Gasteiger partial charge in [-0.25, -0.2) is 8.42 Å². The van der Waals surface area contributed by atoms with Gasteiger partial charge in [0, 0.05) is 11.3 Å². The highest BCUT2D eigenvalue weighted by Crippen LogP contribution is 2.25. The number of hydrogen-bond acceptors (Lipinski definition) is 3. The number of benzene rings is 3. The van der Waals surface area contributed by atoms with Crippen LogP contribution < -0.4 is 10.0 Å². The van der Waals surface area contributed by atoms with Crippen LogP contribution in [0, 0.1) is 20.8 Å². The van der Waals surface area contributed by atoms with E-state index >= 15 is 0 Å². The number of hydrogen-bond donors (Lipinski definition) is 2. The van der Waals surface area contributed by atoms with Crippen LogP contribution >= 0.6 is 0 Å². The molecule has 0 aliphatic rings. The molecule has 3 aromatic rings. The molecule has 1 amide bonds. The molecule has 0 aliphatic carbocycles. The van der Waals surface area contributed by atoms with E-state index in [1.165, 1.54) is 11.6 Å². The standard InChI is InChI=1S/C28H34N2O3S/c1-18-9-15-25(16-20(18)3)30-34(32,33)26-17-23(10-8-19(26)2)27(31)29-21(4)22-11-13-24(14-12-22)28(5,6)7/h8-17,21,30H,1-7H3,(H,29,31)/t21-/m1/s1. The lowest BCUT2D eigenvalue weighted by Crippen LogP contribution is -2.27. The summed E-state index contributed by atoms with van der Waals surface area (Å²) in [7, 11) is -3.86. The van der Waals surface area contributed by atoms with Crippen molar-refractivity contribution in [3.8, 4) is 0 Å². The van der Waals surface area contributed by atoms with E-state index in [1.54, 1.807) is 31.2 Å². The molecule has 0 saturated heterocycles. The van der Waals surface area contributed by atoms with Crippen molar-refractivity contribution in [2.45, 2.75) is 64.8 Å². The third kappa shape index (κ3) is 5.86. The minimum atomic E-state index is -3.86. The summed E-state index contributed by atoms with van der Waals surface area (Å²) in [6.07, 6.45) is 0. The Morgan fingerprint density at radius 2 is 1.44 bits per heavy atom. The van der Waals surface area contributed by atoms with Crippen LogP contribution in [0.5, 0.6) is 0 Å². The quantitative estimate of drug-likeness (QED) is 0.443. The maximum absolute atomic E-state index is 13.1. The lowest BCUT2D eigenvalue weighted by Gasteiger charge is -2.21. The predicted molar refractivity (Wildman–Crippen MR) is 139 cm³/mol. The van der Waals surface area contributed by atoms with E-state index in [1.807, 2.05) is 39.0 Å². The molecule has 5 nitrogen and oxygen atoms in total. The molecule has 0 aliphatic heterocycles. The van der Waals surface area contributed by atoms with E-state index < -0.39 is 10.0 Å². The topological polar surface area (TPSA) is 75.3 Å². The van der Waals surface area contributed by atoms with Crippen molar-refractivity contribution in [1.82, 2.24) is 5.32 Å². The van der Waals surface area contributed by atoms with Crippen LogP contribution in [0.1, 0.15) is 71.9 Å². The fraction of sp³-hybridized carbons (Fsp3) is 0.321. The zero-order valence-corrected chi connectivity index (χ0v) is 21.8. The largest absolute Gasteiger partial charge is 0.346 e. The Balaban J connectivity index is 1.80. The first-order chi connectivity index (χ1) is 15.8. The number of sulfonamides is 1. The van der Waals surface area contributed by atoms with E-state index in [-0.39, 0.29) is 22.3 Å². The molecule has 0 heterocycles. The fourth-order valence-corrected chi connectivity index (χ4v) is 5.00. The van der Waals surface area contributed by atoms with Gasteiger partial charge in [0.05, 0.1) is 10.9 Å². The number of aryl methyl sites for hydroxylation is 3. The summed E-state index contributed by atoms with van der Waals surface area (Å²) < 4.78 is 28.8. The average Bonchev–Trinajstić information content (AvgIpc) is 2.75. The van der Waals surface area contributed by atoms with Gasteiger partial charge in [0.15, 0.2) is 0 Å². The molecule has 0 bridgehead atoms. The number of anilines is 1. The first-order valence-electron chi connectivity index (χ1n) is 11.4. The zero-order valence-electron chi connectivity index (χ0n) is 21.0. The van der Waals surface area contributed by atoms with Gasteiger partial charge in [-0.05, 0) is 85.2 Å². The maximum Gasteiger partial charge on any atom is 0.262 e. The Bertz CT molecular complexity index is 1300. The first kappa shape index (κ1) is 25.5. The van der Waals surface area contributed by atoms with E-state index in [2.05, 4.69) is 42.9 Å².